The molecule has 0 aromatic rings. The third-order valence-electron chi connectivity index (χ3n) is 1.32. The van der Waals surface area contributed by atoms with Crippen molar-refractivity contribution >= 4 is 0 Å². The van der Waals surface area contributed by atoms with Gasteiger partial charge < -0.3 is 5.73 Å². The summed E-state index contributed by atoms with van der Waals surface area (Å²) < 4.78 is 34.5. The van der Waals surface area contributed by atoms with Crippen molar-refractivity contribution in [2.45, 2.75) is 25.9 Å². The monoisotopic (exact) mass is 155 g/mol. The molecule has 1 atom stereocenters. The molecule has 0 rings (SSSR count). The zero-order chi connectivity index (χ0) is 8.20. The van der Waals surface area contributed by atoms with Gasteiger partial charge >= 0.3 is 6.18 Å². The molecule has 0 saturated heterocycles. The molecule has 4 heteroatoms. The number of halogens is 3. The van der Waals surface area contributed by atoms with Crippen molar-refractivity contribution in [1.82, 2.24) is 0 Å². The maximum absolute atomic E-state index is 11.5. The fourth-order valence-electron chi connectivity index (χ4n) is 0.528. The summed E-state index contributed by atoms with van der Waals surface area (Å²) in [6.07, 6.45) is -4.60. The molecule has 2 N–H and O–H groups in total. The molecule has 0 spiro atoms. The molecule has 10 heavy (non-hydrogen) atoms. The summed E-state index contributed by atoms with van der Waals surface area (Å²) in [5.41, 5.74) is 5.13. The average molecular weight is 155 g/mol. The Kier molecular flexibility index (Phi) is 3.71. The van der Waals surface area contributed by atoms with Crippen LogP contribution in [0.25, 0.3) is 0 Å². The van der Waals surface area contributed by atoms with Crippen molar-refractivity contribution < 1.29 is 13.2 Å². The SMILES string of the molecule is C[C@@H](CN)CCC(F)(F)F. The van der Waals surface area contributed by atoms with Crippen LogP contribution in [0.4, 0.5) is 13.2 Å². The van der Waals surface area contributed by atoms with E-state index in [9.17, 15) is 13.2 Å². The molecule has 0 saturated carbocycles. The lowest BCUT2D eigenvalue weighted by atomic mass is 10.1. The molecule has 62 valence electrons. The van der Waals surface area contributed by atoms with Crippen LogP contribution < -0.4 is 5.73 Å². The van der Waals surface area contributed by atoms with Gasteiger partial charge in [0.2, 0.25) is 0 Å². The van der Waals surface area contributed by atoms with Crippen LogP contribution in [0.2, 0.25) is 0 Å². The van der Waals surface area contributed by atoms with Gasteiger partial charge in [-0.05, 0) is 18.9 Å². The Morgan fingerprint density at radius 2 is 1.90 bits per heavy atom. The Morgan fingerprint density at radius 3 is 2.20 bits per heavy atom. The Hall–Kier alpha value is -0.250. The van der Waals surface area contributed by atoms with Gasteiger partial charge in [0.25, 0.3) is 0 Å². The predicted octanol–water partition coefficient (Wildman–Crippen LogP) is 1.92. The number of nitrogens with two attached hydrogens (primary N) is 1. The molecule has 0 fully saturated rings. The van der Waals surface area contributed by atoms with E-state index in [1.807, 2.05) is 0 Å². The van der Waals surface area contributed by atoms with Gasteiger partial charge in [0.1, 0.15) is 0 Å². The predicted molar refractivity (Wildman–Crippen MR) is 33.5 cm³/mol. The zero-order valence-electron chi connectivity index (χ0n) is 5.91. The summed E-state index contributed by atoms with van der Waals surface area (Å²) >= 11 is 0. The third-order valence-corrected chi connectivity index (χ3v) is 1.32. The number of hydrogen-bond acceptors (Lipinski definition) is 1. The first-order chi connectivity index (χ1) is 4.45. The highest BCUT2D eigenvalue weighted by Crippen LogP contribution is 2.23. The van der Waals surface area contributed by atoms with Gasteiger partial charge in [0, 0.05) is 6.42 Å². The fourth-order valence-corrected chi connectivity index (χ4v) is 0.528. The number of rotatable bonds is 3. The maximum atomic E-state index is 11.5. The quantitative estimate of drug-likeness (QED) is 0.662. The van der Waals surface area contributed by atoms with E-state index in [2.05, 4.69) is 0 Å². The van der Waals surface area contributed by atoms with Crippen molar-refractivity contribution in [1.29, 1.82) is 0 Å². The summed E-state index contributed by atoms with van der Waals surface area (Å²) in [5, 5.41) is 0. The van der Waals surface area contributed by atoms with Gasteiger partial charge in [-0.15, -0.1) is 0 Å². The third kappa shape index (κ3) is 5.88. The smallest absolute Gasteiger partial charge is 0.330 e. The van der Waals surface area contributed by atoms with Crippen LogP contribution in [-0.4, -0.2) is 12.7 Å². The molecule has 0 unspecified atom stereocenters. The molecule has 0 aliphatic rings. The highest BCUT2D eigenvalue weighted by Gasteiger charge is 2.26. The molecule has 1 nitrogen and oxygen atoms in total. The lowest BCUT2D eigenvalue weighted by molar-refractivity contribution is -0.137. The topological polar surface area (TPSA) is 26.0 Å². The van der Waals surface area contributed by atoms with E-state index in [-0.39, 0.29) is 12.3 Å². The van der Waals surface area contributed by atoms with Crippen LogP contribution in [0.3, 0.4) is 0 Å². The second kappa shape index (κ2) is 3.81. The molecule has 0 aromatic heterocycles. The molecule has 0 heterocycles. The lowest BCUT2D eigenvalue weighted by Gasteiger charge is -2.09. The van der Waals surface area contributed by atoms with Crippen LogP contribution >= 0.6 is 0 Å². The van der Waals surface area contributed by atoms with Gasteiger partial charge in [-0.1, -0.05) is 6.92 Å². The van der Waals surface area contributed by atoms with Crippen molar-refractivity contribution in [3.05, 3.63) is 0 Å². The van der Waals surface area contributed by atoms with Crippen LogP contribution in [-0.2, 0) is 0 Å². The Bertz CT molecular complexity index is 89.5. The molecule has 0 aliphatic heterocycles. The van der Waals surface area contributed by atoms with Crippen molar-refractivity contribution in [2.75, 3.05) is 6.54 Å². The highest BCUT2D eigenvalue weighted by molar-refractivity contribution is 4.57. The van der Waals surface area contributed by atoms with E-state index in [1.54, 1.807) is 6.92 Å². The summed E-state index contributed by atoms with van der Waals surface area (Å²) in [7, 11) is 0. The van der Waals surface area contributed by atoms with Crippen molar-refractivity contribution in [3.63, 3.8) is 0 Å². The number of alkyl halides is 3. The van der Waals surface area contributed by atoms with Crippen LogP contribution in [0.5, 0.6) is 0 Å². The normalized spacial score (nSPS) is 15.3. The molecule has 0 aliphatic carbocycles. The van der Waals surface area contributed by atoms with Crippen molar-refractivity contribution in [2.24, 2.45) is 11.7 Å². The second-order valence-corrected chi connectivity index (χ2v) is 2.49. The van der Waals surface area contributed by atoms with E-state index in [0.717, 1.165) is 0 Å². The van der Waals surface area contributed by atoms with Gasteiger partial charge in [-0.3, -0.25) is 0 Å². The van der Waals surface area contributed by atoms with E-state index < -0.39 is 12.6 Å². The van der Waals surface area contributed by atoms with Gasteiger partial charge in [-0.25, -0.2) is 0 Å². The minimum atomic E-state index is -4.02. The minimum absolute atomic E-state index is 0.0263. The summed E-state index contributed by atoms with van der Waals surface area (Å²) in [5.74, 6) is -0.0263. The van der Waals surface area contributed by atoms with Crippen LogP contribution in [0, 0.1) is 5.92 Å². The first-order valence-electron chi connectivity index (χ1n) is 3.22. The Labute approximate surface area is 58.4 Å². The Morgan fingerprint density at radius 1 is 1.40 bits per heavy atom. The van der Waals surface area contributed by atoms with Gasteiger partial charge in [0.05, 0.1) is 0 Å². The van der Waals surface area contributed by atoms with Gasteiger partial charge in [-0.2, -0.15) is 13.2 Å². The zero-order valence-corrected chi connectivity index (χ0v) is 5.91. The standard InChI is InChI=1S/C6H12F3N/c1-5(4-10)2-3-6(7,8)9/h5H,2-4,10H2,1H3/t5-/m1/s1. The summed E-state index contributed by atoms with van der Waals surface area (Å²) in [6, 6.07) is 0. The molecule has 0 aromatic carbocycles. The fraction of sp³-hybridized carbons (Fsp3) is 1.00. The Balaban J connectivity index is 3.36. The number of hydrogen-bond donors (Lipinski definition) is 1. The minimum Gasteiger partial charge on any atom is -0.330 e. The average Bonchev–Trinajstić information content (AvgIpc) is 1.81. The maximum Gasteiger partial charge on any atom is 0.389 e. The molecular formula is C6H12F3N. The highest BCUT2D eigenvalue weighted by atomic mass is 19.4. The van der Waals surface area contributed by atoms with Gasteiger partial charge in [0.15, 0.2) is 0 Å². The second-order valence-electron chi connectivity index (χ2n) is 2.49. The first kappa shape index (κ1) is 9.75. The molecule has 0 bridgehead atoms. The molecule has 0 radical (unpaired) electrons. The van der Waals surface area contributed by atoms with E-state index >= 15 is 0 Å². The van der Waals surface area contributed by atoms with E-state index in [1.165, 1.54) is 0 Å². The van der Waals surface area contributed by atoms with Crippen molar-refractivity contribution in [3.8, 4) is 0 Å². The molecular weight excluding hydrogens is 143 g/mol. The largest absolute Gasteiger partial charge is 0.389 e. The molecule has 0 amide bonds. The summed E-state index contributed by atoms with van der Waals surface area (Å²) in [6.45, 7) is 2.04. The summed E-state index contributed by atoms with van der Waals surface area (Å²) in [4.78, 5) is 0. The first-order valence-corrected chi connectivity index (χ1v) is 3.22. The van der Waals surface area contributed by atoms with Crippen LogP contribution in [0.15, 0.2) is 0 Å². The van der Waals surface area contributed by atoms with E-state index in [4.69, 9.17) is 5.73 Å². The van der Waals surface area contributed by atoms with Crippen LogP contribution in [0.1, 0.15) is 19.8 Å². The van der Waals surface area contributed by atoms with E-state index in [0.29, 0.717) is 6.54 Å². The lowest BCUT2D eigenvalue weighted by Crippen LogP contribution is -2.15.